The Morgan fingerprint density at radius 3 is 2.62 bits per heavy atom. The summed E-state index contributed by atoms with van der Waals surface area (Å²) >= 11 is 0. The van der Waals surface area contributed by atoms with E-state index in [2.05, 4.69) is 17.1 Å². The first-order valence-electron chi connectivity index (χ1n) is 2.91. The van der Waals surface area contributed by atoms with Crippen molar-refractivity contribution in [2.75, 3.05) is 0 Å². The number of nitrogens with zero attached hydrogens (tertiary/aromatic N) is 2. The molecule has 46 valence electrons. The van der Waals surface area contributed by atoms with Gasteiger partial charge in [-0.2, -0.15) is 10.2 Å². The minimum Gasteiger partial charge on any atom is -0.164 e. The average molecular weight is 112 g/mol. The molecule has 0 amide bonds. The van der Waals surface area contributed by atoms with Gasteiger partial charge in [-0.1, -0.05) is 13.3 Å². The van der Waals surface area contributed by atoms with Crippen LogP contribution in [0, 0.1) is 0 Å². The van der Waals surface area contributed by atoms with E-state index in [4.69, 9.17) is 0 Å². The zero-order chi connectivity index (χ0) is 6.24. The Labute approximate surface area is 50.3 Å². The molecular formula is C6H12N2. The summed E-state index contributed by atoms with van der Waals surface area (Å²) in [6, 6.07) is 0. The SMILES string of the molecule is C/C=N\N=C/CCC. The van der Waals surface area contributed by atoms with Crippen molar-refractivity contribution in [3.8, 4) is 0 Å². The minimum absolute atomic E-state index is 1.03. The molecule has 0 N–H and O–H groups in total. The molecule has 0 spiro atoms. The molecule has 0 heterocycles. The second-order valence-electron chi connectivity index (χ2n) is 1.46. The van der Waals surface area contributed by atoms with Crippen molar-refractivity contribution < 1.29 is 0 Å². The first kappa shape index (κ1) is 7.34. The highest BCUT2D eigenvalue weighted by atomic mass is 15.2. The van der Waals surface area contributed by atoms with Gasteiger partial charge in [-0.25, -0.2) is 0 Å². The van der Waals surface area contributed by atoms with Crippen LogP contribution in [0.3, 0.4) is 0 Å². The Balaban J connectivity index is 3.07. The summed E-state index contributed by atoms with van der Waals surface area (Å²) in [6.45, 7) is 3.96. The quantitative estimate of drug-likeness (QED) is 0.393. The molecule has 0 atom stereocenters. The summed E-state index contributed by atoms with van der Waals surface area (Å²) in [5.41, 5.74) is 0. The normalized spacial score (nSPS) is 11.8. The minimum atomic E-state index is 1.03. The second kappa shape index (κ2) is 6.34. The Bertz CT molecular complexity index is 84.5. The highest BCUT2D eigenvalue weighted by molar-refractivity contribution is 5.59. The van der Waals surface area contributed by atoms with Gasteiger partial charge >= 0.3 is 0 Å². The van der Waals surface area contributed by atoms with Gasteiger partial charge in [0.05, 0.1) is 0 Å². The molecule has 0 saturated heterocycles. The van der Waals surface area contributed by atoms with Crippen LogP contribution in [-0.4, -0.2) is 12.4 Å². The van der Waals surface area contributed by atoms with Crippen LogP contribution in [0.2, 0.25) is 0 Å². The molecule has 8 heavy (non-hydrogen) atoms. The zero-order valence-electron chi connectivity index (χ0n) is 5.46. The van der Waals surface area contributed by atoms with Gasteiger partial charge in [0.15, 0.2) is 0 Å². The molecule has 0 saturated carbocycles. The van der Waals surface area contributed by atoms with E-state index in [0.29, 0.717) is 0 Å². The summed E-state index contributed by atoms with van der Waals surface area (Å²) in [5, 5.41) is 7.38. The van der Waals surface area contributed by atoms with Crippen LogP contribution in [0.15, 0.2) is 10.2 Å². The number of rotatable bonds is 3. The van der Waals surface area contributed by atoms with E-state index in [9.17, 15) is 0 Å². The number of unbranched alkanes of at least 4 members (excludes halogenated alkanes) is 1. The highest BCUT2D eigenvalue weighted by Crippen LogP contribution is 1.79. The third kappa shape index (κ3) is 5.34. The molecule has 2 nitrogen and oxygen atoms in total. The Kier molecular flexibility index (Phi) is 5.82. The molecule has 0 radical (unpaired) electrons. The van der Waals surface area contributed by atoms with Crippen LogP contribution < -0.4 is 0 Å². The van der Waals surface area contributed by atoms with Crippen LogP contribution in [-0.2, 0) is 0 Å². The van der Waals surface area contributed by atoms with Gasteiger partial charge in [0.2, 0.25) is 0 Å². The first-order chi connectivity index (χ1) is 3.91. The Morgan fingerprint density at radius 2 is 2.12 bits per heavy atom. The molecule has 0 aliphatic carbocycles. The monoisotopic (exact) mass is 112 g/mol. The van der Waals surface area contributed by atoms with Gasteiger partial charge in [0, 0.05) is 12.4 Å². The summed E-state index contributed by atoms with van der Waals surface area (Å²) in [6.07, 6.45) is 5.66. The van der Waals surface area contributed by atoms with E-state index >= 15 is 0 Å². The molecule has 0 aromatic carbocycles. The van der Waals surface area contributed by atoms with Crippen molar-refractivity contribution in [3.63, 3.8) is 0 Å². The van der Waals surface area contributed by atoms with Gasteiger partial charge in [0.1, 0.15) is 0 Å². The van der Waals surface area contributed by atoms with E-state index in [0.717, 1.165) is 12.8 Å². The Morgan fingerprint density at radius 1 is 1.38 bits per heavy atom. The largest absolute Gasteiger partial charge is 0.164 e. The summed E-state index contributed by atoms with van der Waals surface area (Å²) in [4.78, 5) is 0. The lowest BCUT2D eigenvalue weighted by Crippen LogP contribution is -1.69. The molecule has 2 heteroatoms. The second-order valence-corrected chi connectivity index (χ2v) is 1.46. The van der Waals surface area contributed by atoms with Crippen molar-refractivity contribution >= 4 is 12.4 Å². The smallest absolute Gasteiger partial charge is 0.0270 e. The van der Waals surface area contributed by atoms with E-state index in [1.807, 2.05) is 13.1 Å². The van der Waals surface area contributed by atoms with Crippen molar-refractivity contribution in [2.24, 2.45) is 10.2 Å². The van der Waals surface area contributed by atoms with E-state index in [1.54, 1.807) is 6.21 Å². The molecule has 0 aromatic heterocycles. The molecule has 0 aliphatic heterocycles. The van der Waals surface area contributed by atoms with Crippen LogP contribution >= 0.6 is 0 Å². The van der Waals surface area contributed by atoms with Crippen molar-refractivity contribution in [1.29, 1.82) is 0 Å². The lowest BCUT2D eigenvalue weighted by atomic mass is 10.4. The number of hydrogen-bond acceptors (Lipinski definition) is 2. The molecule has 0 bridgehead atoms. The van der Waals surface area contributed by atoms with Gasteiger partial charge in [-0.3, -0.25) is 0 Å². The van der Waals surface area contributed by atoms with Crippen LogP contribution in [0.5, 0.6) is 0 Å². The third-order valence-corrected chi connectivity index (χ3v) is 0.682. The fourth-order valence-corrected chi connectivity index (χ4v) is 0.301. The van der Waals surface area contributed by atoms with Crippen molar-refractivity contribution in [1.82, 2.24) is 0 Å². The maximum absolute atomic E-state index is 3.72. The maximum Gasteiger partial charge on any atom is 0.0270 e. The maximum atomic E-state index is 3.72. The lowest BCUT2D eigenvalue weighted by molar-refractivity contribution is 1.00. The van der Waals surface area contributed by atoms with Gasteiger partial charge in [-0.05, 0) is 13.3 Å². The van der Waals surface area contributed by atoms with Crippen LogP contribution in [0.1, 0.15) is 26.7 Å². The Hall–Kier alpha value is -0.660. The van der Waals surface area contributed by atoms with Gasteiger partial charge in [0.25, 0.3) is 0 Å². The molecular weight excluding hydrogens is 100 g/mol. The topological polar surface area (TPSA) is 24.7 Å². The summed E-state index contributed by atoms with van der Waals surface area (Å²) in [5.74, 6) is 0. The fourth-order valence-electron chi connectivity index (χ4n) is 0.301. The highest BCUT2D eigenvalue weighted by Gasteiger charge is 1.68. The molecule has 0 aliphatic rings. The van der Waals surface area contributed by atoms with E-state index in [1.165, 1.54) is 0 Å². The summed E-state index contributed by atoms with van der Waals surface area (Å²) < 4.78 is 0. The van der Waals surface area contributed by atoms with Crippen LogP contribution in [0.4, 0.5) is 0 Å². The lowest BCUT2D eigenvalue weighted by Gasteiger charge is -1.77. The summed E-state index contributed by atoms with van der Waals surface area (Å²) in [7, 11) is 0. The first-order valence-corrected chi connectivity index (χ1v) is 2.91. The molecule has 0 rings (SSSR count). The fraction of sp³-hybridized carbons (Fsp3) is 0.667. The standard InChI is InChI=1S/C6H12N2/c1-3-5-6-8-7-4-2/h4,6H,3,5H2,1-2H3/b7-4-,8-6-. The van der Waals surface area contributed by atoms with Gasteiger partial charge in [-0.15, -0.1) is 0 Å². The van der Waals surface area contributed by atoms with E-state index < -0.39 is 0 Å². The van der Waals surface area contributed by atoms with Crippen molar-refractivity contribution in [3.05, 3.63) is 0 Å². The predicted octanol–water partition coefficient (Wildman–Crippen LogP) is 1.86. The van der Waals surface area contributed by atoms with Gasteiger partial charge < -0.3 is 0 Å². The number of hydrogen-bond donors (Lipinski definition) is 0. The van der Waals surface area contributed by atoms with Crippen LogP contribution in [0.25, 0.3) is 0 Å². The molecule has 0 aromatic rings. The zero-order valence-corrected chi connectivity index (χ0v) is 5.46. The van der Waals surface area contributed by atoms with E-state index in [-0.39, 0.29) is 0 Å². The average Bonchev–Trinajstić information content (AvgIpc) is 1.81. The molecule has 0 fully saturated rings. The van der Waals surface area contributed by atoms with Crippen molar-refractivity contribution in [2.45, 2.75) is 26.7 Å². The predicted molar refractivity (Wildman–Crippen MR) is 37.6 cm³/mol. The molecule has 0 unspecified atom stereocenters. The third-order valence-electron chi connectivity index (χ3n) is 0.682.